The molecule has 0 bridgehead atoms. The molecule has 0 aliphatic carbocycles. The first kappa shape index (κ1) is 14.5. The molecule has 0 N–H and O–H groups in total. The molecular formula is C13H13F4N3. The molecule has 0 aliphatic rings. The smallest absolute Gasteiger partial charge is 0.313 e. The molecule has 1 aromatic carbocycles. The van der Waals surface area contributed by atoms with Gasteiger partial charge in [0, 0.05) is 6.54 Å². The molecule has 0 radical (unpaired) electrons. The van der Waals surface area contributed by atoms with Crippen LogP contribution in [0.4, 0.5) is 17.6 Å². The Hall–Kier alpha value is -1.92. The highest BCUT2D eigenvalue weighted by molar-refractivity contribution is 5.57. The van der Waals surface area contributed by atoms with E-state index in [2.05, 4.69) is 10.2 Å². The molecule has 0 saturated carbocycles. The van der Waals surface area contributed by atoms with Crippen LogP contribution in [-0.2, 0) is 12.7 Å². The molecule has 0 amide bonds. The van der Waals surface area contributed by atoms with E-state index < -0.39 is 17.6 Å². The van der Waals surface area contributed by atoms with E-state index in [0.717, 1.165) is 6.07 Å². The lowest BCUT2D eigenvalue weighted by molar-refractivity contribution is -0.139. The van der Waals surface area contributed by atoms with Gasteiger partial charge in [0.05, 0.1) is 11.1 Å². The third kappa shape index (κ3) is 2.81. The van der Waals surface area contributed by atoms with Crippen molar-refractivity contribution in [1.29, 1.82) is 0 Å². The zero-order valence-electron chi connectivity index (χ0n) is 10.9. The number of aromatic nitrogens is 3. The van der Waals surface area contributed by atoms with Crippen LogP contribution in [0.1, 0.15) is 19.4 Å². The van der Waals surface area contributed by atoms with Crippen molar-refractivity contribution in [2.24, 2.45) is 5.92 Å². The largest absolute Gasteiger partial charge is 0.419 e. The number of nitrogens with zero attached hydrogens (tertiary/aromatic N) is 3. The summed E-state index contributed by atoms with van der Waals surface area (Å²) >= 11 is 0. The summed E-state index contributed by atoms with van der Waals surface area (Å²) in [5.74, 6) is -0.987. The maximum Gasteiger partial charge on any atom is 0.419 e. The average Bonchev–Trinajstić information content (AvgIpc) is 2.75. The molecule has 0 spiro atoms. The van der Waals surface area contributed by atoms with Gasteiger partial charge in [0.1, 0.15) is 12.1 Å². The lowest BCUT2D eigenvalue weighted by atomic mass is 10.1. The maximum atomic E-state index is 14.0. The molecule has 2 rings (SSSR count). The standard InChI is InChI=1S/C13H13F4N3/c1-8(2)6-20-7-18-19-12(20)9-4-3-5-10(11(9)14)13(15,16)17/h3-5,7-8H,6H2,1-2H3. The van der Waals surface area contributed by atoms with Gasteiger partial charge in [0.2, 0.25) is 0 Å². The fraction of sp³-hybridized carbons (Fsp3) is 0.385. The Kier molecular flexibility index (Phi) is 3.78. The van der Waals surface area contributed by atoms with E-state index in [1.54, 1.807) is 4.57 Å². The van der Waals surface area contributed by atoms with Gasteiger partial charge >= 0.3 is 6.18 Å². The molecule has 108 valence electrons. The Bertz CT molecular complexity index is 602. The molecule has 0 unspecified atom stereocenters. The molecule has 0 atom stereocenters. The summed E-state index contributed by atoms with van der Waals surface area (Å²) in [6.45, 7) is 4.37. The maximum absolute atomic E-state index is 14.0. The van der Waals surface area contributed by atoms with E-state index in [-0.39, 0.29) is 17.3 Å². The molecule has 0 aliphatic heterocycles. The average molecular weight is 287 g/mol. The summed E-state index contributed by atoms with van der Waals surface area (Å²) in [7, 11) is 0. The molecule has 20 heavy (non-hydrogen) atoms. The van der Waals surface area contributed by atoms with Crippen LogP contribution >= 0.6 is 0 Å². The normalized spacial score (nSPS) is 12.2. The highest BCUT2D eigenvalue weighted by atomic mass is 19.4. The van der Waals surface area contributed by atoms with Gasteiger partial charge in [0.15, 0.2) is 5.82 Å². The van der Waals surface area contributed by atoms with E-state index in [1.807, 2.05) is 13.8 Å². The van der Waals surface area contributed by atoms with Crippen molar-refractivity contribution in [2.45, 2.75) is 26.6 Å². The number of alkyl halides is 3. The van der Waals surface area contributed by atoms with Crippen LogP contribution in [-0.4, -0.2) is 14.8 Å². The molecule has 7 heteroatoms. The zero-order chi connectivity index (χ0) is 14.9. The van der Waals surface area contributed by atoms with E-state index in [1.165, 1.54) is 12.4 Å². The summed E-state index contributed by atoms with van der Waals surface area (Å²) in [6, 6.07) is 3.14. The molecule has 1 aromatic heterocycles. The molecule has 0 saturated heterocycles. The van der Waals surface area contributed by atoms with Gasteiger partial charge in [0.25, 0.3) is 0 Å². The molecule has 2 aromatic rings. The lowest BCUT2D eigenvalue weighted by Gasteiger charge is -2.12. The Morgan fingerprint density at radius 2 is 1.95 bits per heavy atom. The van der Waals surface area contributed by atoms with Crippen molar-refractivity contribution in [2.75, 3.05) is 0 Å². The topological polar surface area (TPSA) is 30.7 Å². The van der Waals surface area contributed by atoms with Gasteiger partial charge < -0.3 is 4.57 Å². The van der Waals surface area contributed by atoms with Crippen LogP contribution in [0.5, 0.6) is 0 Å². The van der Waals surface area contributed by atoms with Crippen molar-refractivity contribution >= 4 is 0 Å². The molecule has 1 heterocycles. The van der Waals surface area contributed by atoms with Crippen molar-refractivity contribution in [1.82, 2.24) is 14.8 Å². The number of rotatable bonds is 3. The van der Waals surface area contributed by atoms with Crippen molar-refractivity contribution in [3.05, 3.63) is 35.9 Å². The number of benzene rings is 1. The summed E-state index contributed by atoms with van der Waals surface area (Å²) in [5, 5.41) is 7.38. The van der Waals surface area contributed by atoms with E-state index >= 15 is 0 Å². The van der Waals surface area contributed by atoms with Crippen molar-refractivity contribution < 1.29 is 17.6 Å². The summed E-state index contributed by atoms with van der Waals surface area (Å²) < 4.78 is 53.7. The first-order chi connectivity index (χ1) is 9.30. The number of hydrogen-bond donors (Lipinski definition) is 0. The summed E-state index contributed by atoms with van der Waals surface area (Å²) in [4.78, 5) is 0. The molecule has 0 fully saturated rings. The van der Waals surface area contributed by atoms with E-state index in [4.69, 9.17) is 0 Å². The van der Waals surface area contributed by atoms with Gasteiger partial charge in [-0.15, -0.1) is 10.2 Å². The van der Waals surface area contributed by atoms with Crippen LogP contribution < -0.4 is 0 Å². The second kappa shape index (κ2) is 5.22. The van der Waals surface area contributed by atoms with Gasteiger partial charge in [-0.3, -0.25) is 0 Å². The third-order valence-corrected chi connectivity index (χ3v) is 2.72. The minimum atomic E-state index is -4.73. The van der Waals surface area contributed by atoms with Gasteiger partial charge in [-0.1, -0.05) is 19.9 Å². The molecular weight excluding hydrogens is 274 g/mol. The van der Waals surface area contributed by atoms with Crippen LogP contribution in [0.2, 0.25) is 0 Å². The second-order valence-corrected chi connectivity index (χ2v) is 4.87. The van der Waals surface area contributed by atoms with Crippen LogP contribution in [0.3, 0.4) is 0 Å². The minimum Gasteiger partial charge on any atom is -0.313 e. The number of halogens is 4. The van der Waals surface area contributed by atoms with E-state index in [9.17, 15) is 17.6 Å². The summed E-state index contributed by atoms with van der Waals surface area (Å²) in [6.07, 6.45) is -3.35. The predicted molar refractivity (Wildman–Crippen MR) is 65.3 cm³/mol. The third-order valence-electron chi connectivity index (χ3n) is 2.72. The fourth-order valence-electron chi connectivity index (χ4n) is 1.91. The lowest BCUT2D eigenvalue weighted by Crippen LogP contribution is -2.11. The highest BCUT2D eigenvalue weighted by Gasteiger charge is 2.35. The Morgan fingerprint density at radius 1 is 1.25 bits per heavy atom. The molecule has 3 nitrogen and oxygen atoms in total. The van der Waals surface area contributed by atoms with Crippen molar-refractivity contribution in [3.63, 3.8) is 0 Å². The van der Waals surface area contributed by atoms with Gasteiger partial charge in [-0.05, 0) is 18.1 Å². The van der Waals surface area contributed by atoms with Crippen molar-refractivity contribution in [3.8, 4) is 11.4 Å². The predicted octanol–water partition coefficient (Wildman–Crippen LogP) is 3.76. The minimum absolute atomic E-state index is 0.0994. The first-order valence-corrected chi connectivity index (χ1v) is 6.04. The van der Waals surface area contributed by atoms with Crippen LogP contribution in [0.15, 0.2) is 24.5 Å². The van der Waals surface area contributed by atoms with E-state index in [0.29, 0.717) is 12.6 Å². The van der Waals surface area contributed by atoms with Crippen LogP contribution in [0, 0.1) is 11.7 Å². The Labute approximate surface area is 113 Å². The van der Waals surface area contributed by atoms with Gasteiger partial charge in [-0.25, -0.2) is 4.39 Å². The quantitative estimate of drug-likeness (QED) is 0.805. The summed E-state index contributed by atoms with van der Waals surface area (Å²) in [5.41, 5.74) is -1.49. The Morgan fingerprint density at radius 3 is 2.55 bits per heavy atom. The second-order valence-electron chi connectivity index (χ2n) is 4.87. The van der Waals surface area contributed by atoms with Gasteiger partial charge in [-0.2, -0.15) is 13.2 Å². The highest BCUT2D eigenvalue weighted by Crippen LogP contribution is 2.34. The zero-order valence-corrected chi connectivity index (χ0v) is 10.9. The Balaban J connectivity index is 2.52. The fourth-order valence-corrected chi connectivity index (χ4v) is 1.91. The monoisotopic (exact) mass is 287 g/mol. The van der Waals surface area contributed by atoms with Crippen LogP contribution in [0.25, 0.3) is 11.4 Å². The number of hydrogen-bond acceptors (Lipinski definition) is 2. The SMILES string of the molecule is CC(C)Cn1cnnc1-c1cccc(C(F)(F)F)c1F. The first-order valence-electron chi connectivity index (χ1n) is 6.04.